The summed E-state index contributed by atoms with van der Waals surface area (Å²) in [7, 11) is 0. The summed E-state index contributed by atoms with van der Waals surface area (Å²) in [5.41, 5.74) is 0. The Morgan fingerprint density at radius 2 is 2.18 bits per heavy atom. The lowest BCUT2D eigenvalue weighted by molar-refractivity contribution is 0.263. The molecule has 0 aliphatic carbocycles. The predicted molar refractivity (Wildman–Crippen MR) is 49.2 cm³/mol. The van der Waals surface area contributed by atoms with Crippen molar-refractivity contribution in [2.75, 3.05) is 6.61 Å². The smallest absolute Gasteiger partial charge is 0.112 e. The molecule has 0 saturated heterocycles. The van der Waals surface area contributed by atoms with Crippen LogP contribution in [0.25, 0.3) is 0 Å². The number of rotatable bonds is 5. The Labute approximate surface area is 68.4 Å². The molecule has 0 radical (unpaired) electrons. The first kappa shape index (κ1) is 9.76. The third-order valence-electron chi connectivity index (χ3n) is 0.972. The Kier molecular flexibility index (Phi) is 6.10. The molecular weight excluding hydrogens is 136 g/mol. The summed E-state index contributed by atoms with van der Waals surface area (Å²) in [4.78, 5) is 0. The zero-order chi connectivity index (χ0) is 8.53. The van der Waals surface area contributed by atoms with Gasteiger partial charge < -0.3 is 4.74 Å². The molecule has 11 heavy (non-hydrogen) atoms. The third-order valence-corrected chi connectivity index (χ3v) is 0.972. The molecule has 0 aromatic carbocycles. The maximum absolute atomic E-state index is 5.10. The minimum Gasteiger partial charge on any atom is -0.490 e. The number of allylic oxidation sites excluding steroid dienone is 4. The Bertz CT molecular complexity index is 175. The standard InChI is InChI=1S/C10H14O/c1-4-6-7-8-10(3)11-9-5-2/h4-8H,2-3,9H2,1H3/b6-4-,8-7-. The van der Waals surface area contributed by atoms with Crippen LogP contribution in [0.3, 0.4) is 0 Å². The van der Waals surface area contributed by atoms with E-state index in [4.69, 9.17) is 4.74 Å². The van der Waals surface area contributed by atoms with Gasteiger partial charge in [-0.3, -0.25) is 0 Å². The summed E-state index contributed by atoms with van der Waals surface area (Å²) in [6, 6.07) is 0. The minimum atomic E-state index is 0.513. The van der Waals surface area contributed by atoms with Crippen LogP contribution < -0.4 is 0 Å². The van der Waals surface area contributed by atoms with E-state index in [9.17, 15) is 0 Å². The summed E-state index contributed by atoms with van der Waals surface area (Å²) in [5, 5.41) is 0. The lowest BCUT2D eigenvalue weighted by Crippen LogP contribution is -1.85. The highest BCUT2D eigenvalue weighted by atomic mass is 16.5. The van der Waals surface area contributed by atoms with E-state index in [0.29, 0.717) is 12.4 Å². The lowest BCUT2D eigenvalue weighted by atomic mass is 10.4. The van der Waals surface area contributed by atoms with Crippen molar-refractivity contribution in [3.63, 3.8) is 0 Å². The minimum absolute atomic E-state index is 0.513. The Morgan fingerprint density at radius 1 is 1.45 bits per heavy atom. The van der Waals surface area contributed by atoms with Gasteiger partial charge in [0.25, 0.3) is 0 Å². The van der Waals surface area contributed by atoms with Crippen molar-refractivity contribution in [3.05, 3.63) is 49.3 Å². The van der Waals surface area contributed by atoms with Gasteiger partial charge in [0.2, 0.25) is 0 Å². The number of hydrogen-bond acceptors (Lipinski definition) is 1. The van der Waals surface area contributed by atoms with Crippen LogP contribution in [-0.4, -0.2) is 6.61 Å². The lowest BCUT2D eigenvalue weighted by Gasteiger charge is -1.99. The molecule has 0 bridgehead atoms. The van der Waals surface area contributed by atoms with Gasteiger partial charge in [0.15, 0.2) is 0 Å². The fraction of sp³-hybridized carbons (Fsp3) is 0.200. The van der Waals surface area contributed by atoms with Gasteiger partial charge in [0.05, 0.1) is 0 Å². The van der Waals surface area contributed by atoms with E-state index in [1.165, 1.54) is 0 Å². The number of hydrogen-bond donors (Lipinski definition) is 0. The Morgan fingerprint density at radius 3 is 2.73 bits per heavy atom. The highest BCUT2D eigenvalue weighted by Gasteiger charge is 1.82. The van der Waals surface area contributed by atoms with E-state index in [1.54, 1.807) is 6.08 Å². The van der Waals surface area contributed by atoms with Gasteiger partial charge in [-0.2, -0.15) is 0 Å². The molecule has 0 spiro atoms. The molecule has 0 heterocycles. The van der Waals surface area contributed by atoms with Crippen molar-refractivity contribution in [1.29, 1.82) is 0 Å². The van der Waals surface area contributed by atoms with Gasteiger partial charge in [-0.1, -0.05) is 37.5 Å². The van der Waals surface area contributed by atoms with Crippen LogP contribution in [0, 0.1) is 0 Å². The van der Waals surface area contributed by atoms with Crippen LogP contribution in [0.15, 0.2) is 49.3 Å². The fourth-order valence-electron chi connectivity index (χ4n) is 0.488. The number of ether oxygens (including phenoxy) is 1. The second kappa shape index (κ2) is 6.87. The molecule has 0 saturated carbocycles. The van der Waals surface area contributed by atoms with Crippen LogP contribution in [-0.2, 0) is 4.74 Å². The average Bonchev–Trinajstić information content (AvgIpc) is 2.01. The molecule has 0 aliphatic heterocycles. The molecule has 0 atom stereocenters. The first-order valence-corrected chi connectivity index (χ1v) is 3.53. The van der Waals surface area contributed by atoms with Crippen molar-refractivity contribution in [2.45, 2.75) is 6.92 Å². The van der Waals surface area contributed by atoms with Gasteiger partial charge >= 0.3 is 0 Å². The van der Waals surface area contributed by atoms with Crippen LogP contribution in [0.5, 0.6) is 0 Å². The average molecular weight is 150 g/mol. The molecule has 0 unspecified atom stereocenters. The van der Waals surface area contributed by atoms with Crippen LogP contribution in [0.2, 0.25) is 0 Å². The van der Waals surface area contributed by atoms with Crippen LogP contribution in [0.4, 0.5) is 0 Å². The first-order chi connectivity index (χ1) is 5.31. The van der Waals surface area contributed by atoms with E-state index < -0.39 is 0 Å². The highest BCUT2D eigenvalue weighted by Crippen LogP contribution is 1.95. The van der Waals surface area contributed by atoms with Crippen LogP contribution >= 0.6 is 0 Å². The van der Waals surface area contributed by atoms with Crippen molar-refractivity contribution >= 4 is 0 Å². The van der Waals surface area contributed by atoms with E-state index in [0.717, 1.165) is 0 Å². The van der Waals surface area contributed by atoms with Crippen molar-refractivity contribution < 1.29 is 4.74 Å². The molecule has 0 N–H and O–H groups in total. The summed E-state index contributed by atoms with van der Waals surface area (Å²) in [6.07, 6.45) is 9.24. The second-order valence-electron chi connectivity index (χ2n) is 1.95. The molecule has 1 heteroatoms. The zero-order valence-electron chi connectivity index (χ0n) is 6.92. The maximum atomic E-state index is 5.10. The maximum Gasteiger partial charge on any atom is 0.112 e. The quantitative estimate of drug-likeness (QED) is 0.332. The molecule has 60 valence electrons. The molecule has 0 fully saturated rings. The summed E-state index contributed by atoms with van der Waals surface area (Å²) < 4.78 is 5.10. The van der Waals surface area contributed by atoms with Crippen molar-refractivity contribution in [2.24, 2.45) is 0 Å². The summed E-state index contributed by atoms with van der Waals surface area (Å²) in [6.45, 7) is 9.67. The third kappa shape index (κ3) is 6.65. The molecule has 0 aromatic heterocycles. The SMILES string of the molecule is C=CCOC(=C)/C=C\C=C/C. The first-order valence-electron chi connectivity index (χ1n) is 3.53. The fourth-order valence-corrected chi connectivity index (χ4v) is 0.488. The van der Waals surface area contributed by atoms with Crippen LogP contribution in [0.1, 0.15) is 6.92 Å². The summed E-state index contributed by atoms with van der Waals surface area (Å²) in [5.74, 6) is 0.656. The van der Waals surface area contributed by atoms with Crippen molar-refractivity contribution in [3.8, 4) is 0 Å². The van der Waals surface area contributed by atoms with Gasteiger partial charge in [0, 0.05) is 0 Å². The van der Waals surface area contributed by atoms with Gasteiger partial charge in [-0.05, 0) is 13.0 Å². The zero-order valence-corrected chi connectivity index (χ0v) is 6.92. The molecule has 0 aromatic rings. The molecule has 0 amide bonds. The molecule has 0 rings (SSSR count). The topological polar surface area (TPSA) is 9.23 Å². The van der Waals surface area contributed by atoms with E-state index in [1.807, 2.05) is 31.2 Å². The van der Waals surface area contributed by atoms with Gasteiger partial charge in [0.1, 0.15) is 12.4 Å². The molecule has 1 nitrogen and oxygen atoms in total. The molecular formula is C10H14O. The Balaban J connectivity index is 3.59. The monoisotopic (exact) mass is 150 g/mol. The van der Waals surface area contributed by atoms with E-state index in [-0.39, 0.29) is 0 Å². The van der Waals surface area contributed by atoms with Gasteiger partial charge in [-0.15, -0.1) is 0 Å². The van der Waals surface area contributed by atoms with E-state index in [2.05, 4.69) is 13.2 Å². The second-order valence-corrected chi connectivity index (χ2v) is 1.95. The highest BCUT2D eigenvalue weighted by molar-refractivity contribution is 5.13. The van der Waals surface area contributed by atoms with Crippen molar-refractivity contribution in [1.82, 2.24) is 0 Å². The van der Waals surface area contributed by atoms with Gasteiger partial charge in [-0.25, -0.2) is 0 Å². The normalized spacial score (nSPS) is 10.6. The molecule has 0 aliphatic rings. The predicted octanol–water partition coefficient (Wildman–Crippen LogP) is 2.84. The Hall–Kier alpha value is -1.24. The summed E-state index contributed by atoms with van der Waals surface area (Å²) >= 11 is 0. The van der Waals surface area contributed by atoms with E-state index >= 15 is 0 Å². The largest absolute Gasteiger partial charge is 0.490 e.